The molecule has 0 saturated heterocycles. The minimum absolute atomic E-state index is 0.0867. The van der Waals surface area contributed by atoms with Crippen molar-refractivity contribution >= 4 is 0 Å². The van der Waals surface area contributed by atoms with Crippen LogP contribution < -0.4 is 5.32 Å². The van der Waals surface area contributed by atoms with E-state index in [1.165, 1.54) is 19.3 Å². The van der Waals surface area contributed by atoms with Crippen molar-refractivity contribution in [3.63, 3.8) is 0 Å². The molecule has 1 aliphatic carbocycles. The normalized spacial score (nSPS) is 25.3. The summed E-state index contributed by atoms with van der Waals surface area (Å²) in [6.45, 7) is 5.47. The molecule has 100 valence electrons. The van der Waals surface area contributed by atoms with Gasteiger partial charge in [-0.25, -0.2) is 4.39 Å². The molecule has 0 aromatic heterocycles. The van der Waals surface area contributed by atoms with E-state index < -0.39 is 0 Å². The molecule has 3 unspecified atom stereocenters. The van der Waals surface area contributed by atoms with Crippen LogP contribution in [0.25, 0.3) is 0 Å². The third-order valence-corrected chi connectivity index (χ3v) is 4.35. The highest BCUT2D eigenvalue weighted by molar-refractivity contribution is 5.21. The van der Waals surface area contributed by atoms with Crippen LogP contribution in [0.4, 0.5) is 4.39 Å². The van der Waals surface area contributed by atoms with E-state index in [1.54, 1.807) is 12.1 Å². The first-order chi connectivity index (χ1) is 8.72. The molecule has 1 aromatic rings. The Morgan fingerprint density at radius 1 is 1.33 bits per heavy atom. The van der Waals surface area contributed by atoms with Gasteiger partial charge in [-0.2, -0.15) is 0 Å². The first-order valence-corrected chi connectivity index (χ1v) is 7.20. The van der Waals surface area contributed by atoms with Gasteiger partial charge in [0.25, 0.3) is 0 Å². The first-order valence-electron chi connectivity index (χ1n) is 7.20. The lowest BCUT2D eigenvalue weighted by Gasteiger charge is -2.22. The predicted octanol–water partition coefficient (Wildman–Crippen LogP) is 4.30. The summed E-state index contributed by atoms with van der Waals surface area (Å²) in [6.07, 6.45) is 4.96. The fourth-order valence-corrected chi connectivity index (χ4v) is 3.05. The van der Waals surface area contributed by atoms with Crippen molar-refractivity contribution in [3.05, 3.63) is 35.6 Å². The van der Waals surface area contributed by atoms with Crippen LogP contribution in [0.15, 0.2) is 24.3 Å². The zero-order chi connectivity index (χ0) is 13.0. The number of nitrogens with one attached hydrogen (secondary N) is 1. The minimum Gasteiger partial charge on any atom is -0.310 e. The Morgan fingerprint density at radius 2 is 2.11 bits per heavy atom. The Labute approximate surface area is 110 Å². The van der Waals surface area contributed by atoms with Gasteiger partial charge in [0.15, 0.2) is 0 Å². The molecule has 1 N–H and O–H groups in total. The molecule has 0 radical (unpaired) electrons. The van der Waals surface area contributed by atoms with E-state index in [2.05, 4.69) is 19.2 Å². The Balaban J connectivity index is 1.95. The lowest BCUT2D eigenvalue weighted by molar-refractivity contribution is 0.361. The van der Waals surface area contributed by atoms with E-state index in [0.29, 0.717) is 0 Å². The summed E-state index contributed by atoms with van der Waals surface area (Å²) in [4.78, 5) is 0. The van der Waals surface area contributed by atoms with Gasteiger partial charge in [0, 0.05) is 11.6 Å². The standard InChI is InChI=1S/C16H24FN/c1-3-16(14-9-4-5-10-15(14)17)18-11-13-8-6-7-12(13)2/h4-5,9-10,12-13,16,18H,3,6-8,11H2,1-2H3. The molecule has 0 heterocycles. The largest absolute Gasteiger partial charge is 0.310 e. The lowest BCUT2D eigenvalue weighted by Crippen LogP contribution is -2.28. The molecular formula is C16H24FN. The zero-order valence-electron chi connectivity index (χ0n) is 11.5. The van der Waals surface area contributed by atoms with Gasteiger partial charge in [0.1, 0.15) is 5.82 Å². The van der Waals surface area contributed by atoms with E-state index in [0.717, 1.165) is 30.4 Å². The molecule has 0 bridgehead atoms. The maximum atomic E-state index is 13.8. The van der Waals surface area contributed by atoms with Crippen molar-refractivity contribution in [2.24, 2.45) is 11.8 Å². The van der Waals surface area contributed by atoms with Gasteiger partial charge in [0.2, 0.25) is 0 Å². The Morgan fingerprint density at radius 3 is 2.72 bits per heavy atom. The van der Waals surface area contributed by atoms with Crippen LogP contribution in [0.1, 0.15) is 51.1 Å². The first kappa shape index (κ1) is 13.5. The zero-order valence-corrected chi connectivity index (χ0v) is 11.5. The fourth-order valence-electron chi connectivity index (χ4n) is 3.05. The van der Waals surface area contributed by atoms with Crippen molar-refractivity contribution in [1.29, 1.82) is 0 Å². The highest BCUT2D eigenvalue weighted by atomic mass is 19.1. The molecule has 1 aliphatic rings. The van der Waals surface area contributed by atoms with Crippen LogP contribution in [-0.4, -0.2) is 6.54 Å². The van der Waals surface area contributed by atoms with Gasteiger partial charge in [0.05, 0.1) is 0 Å². The van der Waals surface area contributed by atoms with Crippen LogP contribution in [-0.2, 0) is 0 Å². The number of hydrogen-bond acceptors (Lipinski definition) is 1. The molecule has 1 saturated carbocycles. The summed E-state index contributed by atoms with van der Waals surface area (Å²) in [5, 5.41) is 3.56. The van der Waals surface area contributed by atoms with E-state index in [4.69, 9.17) is 0 Å². The van der Waals surface area contributed by atoms with Crippen LogP contribution in [0, 0.1) is 17.7 Å². The molecule has 3 atom stereocenters. The van der Waals surface area contributed by atoms with Crippen molar-refractivity contribution in [1.82, 2.24) is 5.32 Å². The van der Waals surface area contributed by atoms with E-state index in [9.17, 15) is 4.39 Å². The van der Waals surface area contributed by atoms with Gasteiger partial charge in [-0.3, -0.25) is 0 Å². The maximum absolute atomic E-state index is 13.8. The number of rotatable bonds is 5. The van der Waals surface area contributed by atoms with Gasteiger partial charge in [-0.1, -0.05) is 44.9 Å². The monoisotopic (exact) mass is 249 g/mol. The predicted molar refractivity (Wildman–Crippen MR) is 73.9 cm³/mol. The molecule has 2 heteroatoms. The van der Waals surface area contributed by atoms with Gasteiger partial charge >= 0.3 is 0 Å². The minimum atomic E-state index is -0.0867. The SMILES string of the molecule is CCC(NCC1CCCC1C)c1ccccc1F. The fraction of sp³-hybridized carbons (Fsp3) is 0.625. The number of benzene rings is 1. The van der Waals surface area contributed by atoms with Crippen LogP contribution in [0.2, 0.25) is 0 Å². The van der Waals surface area contributed by atoms with E-state index >= 15 is 0 Å². The van der Waals surface area contributed by atoms with E-state index in [-0.39, 0.29) is 11.9 Å². The summed E-state index contributed by atoms with van der Waals surface area (Å²) in [5.74, 6) is 1.50. The topological polar surface area (TPSA) is 12.0 Å². The Bertz CT molecular complexity index is 377. The second-order valence-electron chi connectivity index (χ2n) is 5.56. The second kappa shape index (κ2) is 6.33. The summed E-state index contributed by atoms with van der Waals surface area (Å²) >= 11 is 0. The summed E-state index contributed by atoms with van der Waals surface area (Å²) in [7, 11) is 0. The van der Waals surface area contributed by atoms with Crippen molar-refractivity contribution in [3.8, 4) is 0 Å². The van der Waals surface area contributed by atoms with Crippen molar-refractivity contribution in [2.75, 3.05) is 6.54 Å². The van der Waals surface area contributed by atoms with Gasteiger partial charge < -0.3 is 5.32 Å². The lowest BCUT2D eigenvalue weighted by atomic mass is 9.96. The van der Waals surface area contributed by atoms with Crippen LogP contribution in [0.3, 0.4) is 0 Å². The Hall–Kier alpha value is -0.890. The summed E-state index contributed by atoms with van der Waals surface area (Å²) in [5.41, 5.74) is 0.811. The second-order valence-corrected chi connectivity index (χ2v) is 5.56. The molecular weight excluding hydrogens is 225 g/mol. The molecule has 0 amide bonds. The molecule has 1 aromatic carbocycles. The maximum Gasteiger partial charge on any atom is 0.127 e. The average Bonchev–Trinajstić information content (AvgIpc) is 2.78. The van der Waals surface area contributed by atoms with Crippen LogP contribution >= 0.6 is 0 Å². The smallest absolute Gasteiger partial charge is 0.127 e. The third-order valence-electron chi connectivity index (χ3n) is 4.35. The van der Waals surface area contributed by atoms with Gasteiger partial charge in [-0.05, 0) is 37.3 Å². The Kier molecular flexibility index (Phi) is 4.76. The third kappa shape index (κ3) is 3.11. The van der Waals surface area contributed by atoms with Crippen LogP contribution in [0.5, 0.6) is 0 Å². The highest BCUT2D eigenvalue weighted by Crippen LogP contribution is 2.31. The highest BCUT2D eigenvalue weighted by Gasteiger charge is 2.24. The van der Waals surface area contributed by atoms with Crippen molar-refractivity contribution in [2.45, 2.75) is 45.6 Å². The molecule has 2 rings (SSSR count). The molecule has 1 fully saturated rings. The number of halogens is 1. The van der Waals surface area contributed by atoms with E-state index in [1.807, 2.05) is 12.1 Å². The molecule has 0 spiro atoms. The quantitative estimate of drug-likeness (QED) is 0.820. The number of hydrogen-bond donors (Lipinski definition) is 1. The molecule has 1 nitrogen and oxygen atoms in total. The average molecular weight is 249 g/mol. The van der Waals surface area contributed by atoms with Crippen molar-refractivity contribution < 1.29 is 4.39 Å². The van der Waals surface area contributed by atoms with Gasteiger partial charge in [-0.15, -0.1) is 0 Å². The summed E-state index contributed by atoms with van der Waals surface area (Å²) in [6, 6.07) is 7.27. The molecule has 18 heavy (non-hydrogen) atoms. The molecule has 0 aliphatic heterocycles. The summed E-state index contributed by atoms with van der Waals surface area (Å²) < 4.78 is 13.8.